The molecule has 0 spiro atoms. The molecule has 2 aromatic carbocycles. The number of rotatable bonds is 9. The van der Waals surface area contributed by atoms with Gasteiger partial charge in [0.15, 0.2) is 0 Å². The minimum atomic E-state index is -0.449. The van der Waals surface area contributed by atoms with E-state index in [-0.39, 0.29) is 11.4 Å². The Morgan fingerprint density at radius 2 is 1.21 bits per heavy atom. The van der Waals surface area contributed by atoms with Crippen LogP contribution in [0.15, 0.2) is 58.7 Å². The predicted octanol–water partition coefficient (Wildman–Crippen LogP) is 2.73. The highest BCUT2D eigenvalue weighted by Crippen LogP contribution is 2.12. The molecule has 0 amide bonds. The van der Waals surface area contributed by atoms with Crippen LogP contribution in [-0.2, 0) is 0 Å². The van der Waals surface area contributed by atoms with Gasteiger partial charge in [0.1, 0.15) is 0 Å². The first kappa shape index (κ1) is 20.5. The van der Waals surface area contributed by atoms with E-state index in [4.69, 9.17) is 0 Å². The van der Waals surface area contributed by atoms with Crippen molar-refractivity contribution in [3.8, 4) is 0 Å². The summed E-state index contributed by atoms with van der Waals surface area (Å²) in [7, 11) is 3.57. The Morgan fingerprint density at radius 1 is 0.821 bits per heavy atom. The number of hydrogen-bond donors (Lipinski definition) is 0. The van der Waals surface area contributed by atoms with Crippen LogP contribution in [-0.4, -0.2) is 59.5 Å². The fourth-order valence-corrected chi connectivity index (χ4v) is 2.17. The Bertz CT molecular complexity index is 826. The number of hydrogen-bond acceptors (Lipinski definition) is 8. The minimum absolute atomic E-state index is 0.0156. The van der Waals surface area contributed by atoms with E-state index in [0.717, 1.165) is 0 Å². The van der Waals surface area contributed by atoms with Crippen LogP contribution in [0.5, 0.6) is 0 Å². The van der Waals surface area contributed by atoms with Crippen molar-refractivity contribution in [2.24, 2.45) is 10.2 Å². The number of non-ortho nitro benzene ring substituents is 2. The van der Waals surface area contributed by atoms with Crippen molar-refractivity contribution in [1.82, 2.24) is 10.0 Å². The Morgan fingerprint density at radius 3 is 1.57 bits per heavy atom. The molecule has 0 radical (unpaired) electrons. The molecule has 0 heterocycles. The van der Waals surface area contributed by atoms with Gasteiger partial charge in [-0.3, -0.25) is 30.2 Å². The van der Waals surface area contributed by atoms with E-state index >= 15 is 0 Å². The Kier molecular flexibility index (Phi) is 7.14. The molecule has 0 aromatic heterocycles. The zero-order valence-electron chi connectivity index (χ0n) is 15.5. The van der Waals surface area contributed by atoms with E-state index in [1.807, 2.05) is 0 Å². The zero-order chi connectivity index (χ0) is 20.5. The molecule has 0 aliphatic rings. The number of nitro groups is 2. The molecule has 0 bridgehead atoms. The molecular weight excluding hydrogens is 364 g/mol. The van der Waals surface area contributed by atoms with E-state index in [1.54, 1.807) is 60.8 Å². The molecule has 0 aliphatic heterocycles. The van der Waals surface area contributed by atoms with Crippen molar-refractivity contribution in [2.75, 3.05) is 27.2 Å². The molecule has 0 saturated heterocycles. The summed E-state index contributed by atoms with van der Waals surface area (Å²) in [6, 6.07) is 12.4. The summed E-state index contributed by atoms with van der Waals surface area (Å²) in [5.74, 6) is 0. The maximum Gasteiger partial charge on any atom is 0.270 e. The van der Waals surface area contributed by atoms with Crippen molar-refractivity contribution in [2.45, 2.75) is 0 Å². The van der Waals surface area contributed by atoms with Crippen LogP contribution in [0.4, 0.5) is 11.4 Å². The quantitative estimate of drug-likeness (QED) is 0.373. The number of nitro benzene ring substituents is 2. The Balaban J connectivity index is 1.85. The highest BCUT2D eigenvalue weighted by molar-refractivity contribution is 5.80. The summed E-state index contributed by atoms with van der Waals surface area (Å²) in [6.45, 7) is 1.13. The van der Waals surface area contributed by atoms with Crippen molar-refractivity contribution in [1.29, 1.82) is 0 Å². The van der Waals surface area contributed by atoms with Gasteiger partial charge in [0.05, 0.1) is 35.4 Å². The second kappa shape index (κ2) is 9.76. The number of benzene rings is 2. The van der Waals surface area contributed by atoms with Crippen LogP contribution in [0.1, 0.15) is 11.1 Å². The molecule has 146 valence electrons. The van der Waals surface area contributed by atoms with Crippen LogP contribution in [0, 0.1) is 20.2 Å². The SMILES string of the molecule is CN(CCN(C)N=Cc1cccc([N+](=O)[O-])c1)N=Cc1cccc([N+](=O)[O-])c1. The number of nitrogens with zero attached hydrogens (tertiary/aromatic N) is 6. The van der Waals surface area contributed by atoms with Gasteiger partial charge in [-0.25, -0.2) is 0 Å². The molecule has 0 saturated carbocycles. The standard InChI is InChI=1S/C18H20N6O4/c1-21(19-13-15-5-3-7-17(11-15)23(25)26)9-10-22(2)20-14-16-6-4-8-18(12-16)24(27)28/h3-8,11-14H,9-10H2,1-2H3. The average molecular weight is 384 g/mol. The van der Waals surface area contributed by atoms with Crippen molar-refractivity contribution >= 4 is 23.8 Å². The highest BCUT2D eigenvalue weighted by atomic mass is 16.6. The zero-order valence-corrected chi connectivity index (χ0v) is 15.5. The van der Waals surface area contributed by atoms with E-state index in [0.29, 0.717) is 24.2 Å². The van der Waals surface area contributed by atoms with Gasteiger partial charge in [-0.2, -0.15) is 10.2 Å². The fraction of sp³-hybridized carbons (Fsp3) is 0.222. The van der Waals surface area contributed by atoms with Crippen molar-refractivity contribution < 1.29 is 9.85 Å². The van der Waals surface area contributed by atoms with Gasteiger partial charge < -0.3 is 0 Å². The predicted molar refractivity (Wildman–Crippen MR) is 107 cm³/mol. The molecule has 2 rings (SSSR count). The molecular formula is C18H20N6O4. The van der Waals surface area contributed by atoms with Gasteiger partial charge in [0.2, 0.25) is 0 Å². The largest absolute Gasteiger partial charge is 0.298 e. The molecule has 0 aliphatic carbocycles. The minimum Gasteiger partial charge on any atom is -0.298 e. The topological polar surface area (TPSA) is 117 Å². The molecule has 10 heteroatoms. The molecule has 10 nitrogen and oxygen atoms in total. The first-order valence-electron chi connectivity index (χ1n) is 8.34. The normalized spacial score (nSPS) is 11.1. The second-order valence-electron chi connectivity index (χ2n) is 5.96. The van der Waals surface area contributed by atoms with Crippen LogP contribution in [0.3, 0.4) is 0 Å². The van der Waals surface area contributed by atoms with Gasteiger partial charge in [-0.1, -0.05) is 24.3 Å². The van der Waals surface area contributed by atoms with Crippen molar-refractivity contribution in [3.63, 3.8) is 0 Å². The first-order chi connectivity index (χ1) is 13.3. The lowest BCUT2D eigenvalue weighted by Gasteiger charge is -2.17. The highest BCUT2D eigenvalue weighted by Gasteiger charge is 2.05. The van der Waals surface area contributed by atoms with Gasteiger partial charge in [-0.05, 0) is 0 Å². The fourth-order valence-electron chi connectivity index (χ4n) is 2.17. The third kappa shape index (κ3) is 6.48. The first-order valence-corrected chi connectivity index (χ1v) is 8.34. The summed E-state index contributed by atoms with van der Waals surface area (Å²) in [6.07, 6.45) is 3.11. The summed E-state index contributed by atoms with van der Waals surface area (Å²) in [5, 5.41) is 33.4. The van der Waals surface area contributed by atoms with Gasteiger partial charge in [0, 0.05) is 49.5 Å². The molecule has 0 N–H and O–H groups in total. The summed E-state index contributed by atoms with van der Waals surface area (Å²) in [5.41, 5.74) is 1.31. The van der Waals surface area contributed by atoms with Crippen LogP contribution < -0.4 is 0 Å². The summed E-state index contributed by atoms with van der Waals surface area (Å²) >= 11 is 0. The van der Waals surface area contributed by atoms with E-state index in [1.165, 1.54) is 24.3 Å². The molecule has 0 unspecified atom stereocenters. The summed E-state index contributed by atoms with van der Waals surface area (Å²) in [4.78, 5) is 20.7. The van der Waals surface area contributed by atoms with E-state index in [2.05, 4.69) is 10.2 Å². The lowest BCUT2D eigenvalue weighted by Crippen LogP contribution is -2.25. The number of hydrazone groups is 2. The lowest BCUT2D eigenvalue weighted by molar-refractivity contribution is -0.385. The van der Waals surface area contributed by atoms with E-state index < -0.39 is 9.85 Å². The maximum atomic E-state index is 10.8. The Hall–Kier alpha value is -3.82. The monoisotopic (exact) mass is 384 g/mol. The second-order valence-corrected chi connectivity index (χ2v) is 5.96. The molecule has 28 heavy (non-hydrogen) atoms. The van der Waals surface area contributed by atoms with Crippen molar-refractivity contribution in [3.05, 3.63) is 79.9 Å². The van der Waals surface area contributed by atoms with Crippen LogP contribution >= 0.6 is 0 Å². The lowest BCUT2D eigenvalue weighted by atomic mass is 10.2. The molecule has 0 atom stereocenters. The van der Waals surface area contributed by atoms with E-state index in [9.17, 15) is 20.2 Å². The van der Waals surface area contributed by atoms with Crippen LogP contribution in [0.25, 0.3) is 0 Å². The molecule has 0 fully saturated rings. The average Bonchev–Trinajstić information content (AvgIpc) is 2.69. The van der Waals surface area contributed by atoms with Gasteiger partial charge >= 0.3 is 0 Å². The Labute approximate surface area is 161 Å². The van der Waals surface area contributed by atoms with Gasteiger partial charge in [0.25, 0.3) is 11.4 Å². The maximum absolute atomic E-state index is 10.8. The smallest absolute Gasteiger partial charge is 0.270 e. The third-order valence-electron chi connectivity index (χ3n) is 3.72. The third-order valence-corrected chi connectivity index (χ3v) is 3.72. The number of likely N-dealkylation sites (N-methyl/N-ethyl adjacent to an activating group) is 2. The summed E-state index contributed by atoms with van der Waals surface area (Å²) < 4.78 is 0. The van der Waals surface area contributed by atoms with Crippen LogP contribution in [0.2, 0.25) is 0 Å². The van der Waals surface area contributed by atoms with Gasteiger partial charge in [-0.15, -0.1) is 0 Å². The molecule has 2 aromatic rings.